The number of hydrogen-bond acceptors (Lipinski definition) is 3. The molecule has 5 nitrogen and oxygen atoms in total. The number of benzene rings is 1. The van der Waals surface area contributed by atoms with Crippen molar-refractivity contribution in [2.75, 3.05) is 20.2 Å². The van der Waals surface area contributed by atoms with E-state index in [4.69, 9.17) is 0 Å². The Kier molecular flexibility index (Phi) is 4.61. The molecule has 2 unspecified atom stereocenters. The first-order chi connectivity index (χ1) is 9.60. The van der Waals surface area contributed by atoms with E-state index in [1.165, 1.54) is 7.11 Å². The zero-order valence-electron chi connectivity index (χ0n) is 11.8. The number of rotatable bonds is 2. The molecule has 2 rings (SSSR count). The fourth-order valence-corrected chi connectivity index (χ4v) is 2.61. The van der Waals surface area contributed by atoms with Crippen LogP contribution in [-0.2, 0) is 4.74 Å². The number of piperidine rings is 1. The third-order valence-corrected chi connectivity index (χ3v) is 3.48. The molecule has 1 aromatic rings. The van der Waals surface area contributed by atoms with Crippen LogP contribution in [0.3, 0.4) is 0 Å². The second kappa shape index (κ2) is 6.41. The Balaban J connectivity index is 2.04. The van der Waals surface area contributed by atoms with E-state index >= 15 is 0 Å². The smallest absolute Gasteiger partial charge is 0.407 e. The lowest BCUT2D eigenvalue weighted by atomic mass is 9.95. The normalized spacial score (nSPS) is 22.2. The first-order valence-electron chi connectivity index (χ1n) is 6.79. The summed E-state index contributed by atoms with van der Waals surface area (Å²) in [5, 5.41) is 2.78. The predicted octanol–water partition coefficient (Wildman–Crippen LogP) is 1.89. The van der Waals surface area contributed by atoms with Gasteiger partial charge in [0, 0.05) is 18.7 Å². The molecule has 1 aromatic carbocycles. The van der Waals surface area contributed by atoms with Gasteiger partial charge in [-0.3, -0.25) is 4.79 Å². The van der Waals surface area contributed by atoms with Crippen molar-refractivity contribution in [1.29, 1.82) is 0 Å². The molecule has 5 heteroatoms. The number of nitrogens with one attached hydrogen (secondary N) is 1. The van der Waals surface area contributed by atoms with Crippen molar-refractivity contribution in [3.05, 3.63) is 35.9 Å². The van der Waals surface area contributed by atoms with Gasteiger partial charge in [0.15, 0.2) is 0 Å². The second-order valence-electron chi connectivity index (χ2n) is 5.25. The number of alkyl carbamates (subject to hydrolysis) is 1. The van der Waals surface area contributed by atoms with E-state index in [0.717, 1.165) is 6.42 Å². The van der Waals surface area contributed by atoms with Crippen LogP contribution in [0.1, 0.15) is 23.7 Å². The highest BCUT2D eigenvalue weighted by Gasteiger charge is 2.29. The molecular weight excluding hydrogens is 256 g/mol. The minimum atomic E-state index is -0.448. The minimum absolute atomic E-state index is 0.00816. The lowest BCUT2D eigenvalue weighted by molar-refractivity contribution is 0.0634. The highest BCUT2D eigenvalue weighted by atomic mass is 16.5. The molecular formula is C15H20N2O3. The van der Waals surface area contributed by atoms with E-state index in [0.29, 0.717) is 24.6 Å². The molecule has 1 heterocycles. The van der Waals surface area contributed by atoms with Crippen LogP contribution in [0.2, 0.25) is 0 Å². The number of hydrogen-bond donors (Lipinski definition) is 1. The molecule has 20 heavy (non-hydrogen) atoms. The van der Waals surface area contributed by atoms with Crippen LogP contribution in [0.15, 0.2) is 30.3 Å². The predicted molar refractivity (Wildman–Crippen MR) is 75.5 cm³/mol. The molecule has 1 saturated heterocycles. The van der Waals surface area contributed by atoms with Gasteiger partial charge in [0.1, 0.15) is 0 Å². The van der Waals surface area contributed by atoms with E-state index in [1.807, 2.05) is 30.3 Å². The zero-order chi connectivity index (χ0) is 14.5. The van der Waals surface area contributed by atoms with Crippen LogP contribution in [0.4, 0.5) is 4.79 Å². The Morgan fingerprint density at radius 3 is 2.60 bits per heavy atom. The summed E-state index contributed by atoms with van der Waals surface area (Å²) >= 11 is 0. The van der Waals surface area contributed by atoms with Crippen molar-refractivity contribution < 1.29 is 14.3 Å². The Bertz CT molecular complexity index is 475. The lowest BCUT2D eigenvalue weighted by Gasteiger charge is -2.36. The molecule has 0 spiro atoms. The molecule has 0 bridgehead atoms. The minimum Gasteiger partial charge on any atom is -0.453 e. The number of carbonyl (C=O) groups is 2. The van der Waals surface area contributed by atoms with Crippen molar-refractivity contribution in [2.24, 2.45) is 5.92 Å². The van der Waals surface area contributed by atoms with Gasteiger partial charge in [0.2, 0.25) is 0 Å². The van der Waals surface area contributed by atoms with Crippen molar-refractivity contribution in [1.82, 2.24) is 10.2 Å². The Morgan fingerprint density at radius 2 is 1.95 bits per heavy atom. The average molecular weight is 276 g/mol. The maximum atomic E-state index is 12.4. The van der Waals surface area contributed by atoms with E-state index in [-0.39, 0.29) is 11.9 Å². The largest absolute Gasteiger partial charge is 0.453 e. The Labute approximate surface area is 118 Å². The standard InChI is InChI=1S/C15H20N2O3/c1-11-8-13(16-15(19)20-2)10-17(9-11)14(18)12-6-4-3-5-7-12/h3-7,11,13H,8-10H2,1-2H3,(H,16,19). The average Bonchev–Trinajstić information content (AvgIpc) is 2.46. The molecule has 1 aliphatic heterocycles. The quantitative estimate of drug-likeness (QED) is 0.897. The molecule has 1 fully saturated rings. The van der Waals surface area contributed by atoms with E-state index < -0.39 is 6.09 Å². The zero-order valence-corrected chi connectivity index (χ0v) is 11.8. The highest BCUT2D eigenvalue weighted by Crippen LogP contribution is 2.18. The number of likely N-dealkylation sites (tertiary alicyclic amines) is 1. The summed E-state index contributed by atoms with van der Waals surface area (Å²) in [5.74, 6) is 0.354. The van der Waals surface area contributed by atoms with E-state index in [2.05, 4.69) is 17.0 Å². The van der Waals surface area contributed by atoms with Gasteiger partial charge < -0.3 is 15.0 Å². The third-order valence-electron chi connectivity index (χ3n) is 3.48. The van der Waals surface area contributed by atoms with Crippen molar-refractivity contribution in [3.8, 4) is 0 Å². The first-order valence-corrected chi connectivity index (χ1v) is 6.79. The van der Waals surface area contributed by atoms with Gasteiger partial charge in [0.25, 0.3) is 5.91 Å². The number of carbonyl (C=O) groups excluding carboxylic acids is 2. The molecule has 0 radical (unpaired) electrons. The van der Waals surface area contributed by atoms with Gasteiger partial charge in [-0.25, -0.2) is 4.79 Å². The van der Waals surface area contributed by atoms with Crippen LogP contribution >= 0.6 is 0 Å². The maximum absolute atomic E-state index is 12.4. The summed E-state index contributed by atoms with van der Waals surface area (Å²) in [6, 6.07) is 9.15. The van der Waals surface area contributed by atoms with Gasteiger partial charge in [-0.05, 0) is 24.5 Å². The molecule has 0 saturated carbocycles. The summed E-state index contributed by atoms with van der Waals surface area (Å²) in [6.07, 6.45) is 0.407. The van der Waals surface area contributed by atoms with Gasteiger partial charge in [0.05, 0.1) is 13.2 Å². The van der Waals surface area contributed by atoms with Gasteiger partial charge >= 0.3 is 6.09 Å². The van der Waals surface area contributed by atoms with Crippen LogP contribution in [0.5, 0.6) is 0 Å². The van der Waals surface area contributed by atoms with Crippen LogP contribution in [0, 0.1) is 5.92 Å². The van der Waals surface area contributed by atoms with E-state index in [9.17, 15) is 9.59 Å². The fraction of sp³-hybridized carbons (Fsp3) is 0.467. The SMILES string of the molecule is COC(=O)NC1CC(C)CN(C(=O)c2ccccc2)C1. The van der Waals surface area contributed by atoms with Crippen LogP contribution < -0.4 is 5.32 Å². The summed E-state index contributed by atoms with van der Waals surface area (Å²) in [7, 11) is 1.34. The van der Waals surface area contributed by atoms with Gasteiger partial charge in [-0.2, -0.15) is 0 Å². The van der Waals surface area contributed by atoms with Gasteiger partial charge in [-0.15, -0.1) is 0 Å². The van der Waals surface area contributed by atoms with Gasteiger partial charge in [-0.1, -0.05) is 25.1 Å². The second-order valence-corrected chi connectivity index (χ2v) is 5.25. The summed E-state index contributed by atoms with van der Waals surface area (Å²) in [4.78, 5) is 25.5. The number of amides is 2. The van der Waals surface area contributed by atoms with Crippen molar-refractivity contribution in [2.45, 2.75) is 19.4 Å². The lowest BCUT2D eigenvalue weighted by Crippen LogP contribution is -2.52. The topological polar surface area (TPSA) is 58.6 Å². The highest BCUT2D eigenvalue weighted by molar-refractivity contribution is 5.94. The number of nitrogens with zero attached hydrogens (tertiary/aromatic N) is 1. The Morgan fingerprint density at radius 1 is 1.25 bits per heavy atom. The fourth-order valence-electron chi connectivity index (χ4n) is 2.61. The molecule has 2 amide bonds. The summed E-state index contributed by atoms with van der Waals surface area (Å²) in [5.41, 5.74) is 0.679. The number of methoxy groups -OCH3 is 1. The van der Waals surface area contributed by atoms with Crippen LogP contribution in [-0.4, -0.2) is 43.1 Å². The number of ether oxygens (including phenoxy) is 1. The third kappa shape index (κ3) is 3.50. The monoisotopic (exact) mass is 276 g/mol. The molecule has 1 aliphatic rings. The molecule has 2 atom stereocenters. The summed E-state index contributed by atoms with van der Waals surface area (Å²) < 4.78 is 4.62. The first kappa shape index (κ1) is 14.4. The molecule has 0 aromatic heterocycles. The molecule has 0 aliphatic carbocycles. The maximum Gasteiger partial charge on any atom is 0.407 e. The molecule has 108 valence electrons. The van der Waals surface area contributed by atoms with Crippen molar-refractivity contribution in [3.63, 3.8) is 0 Å². The van der Waals surface area contributed by atoms with Crippen LogP contribution in [0.25, 0.3) is 0 Å². The summed E-state index contributed by atoms with van der Waals surface area (Å²) in [6.45, 7) is 3.32. The van der Waals surface area contributed by atoms with Crippen molar-refractivity contribution >= 4 is 12.0 Å². The van der Waals surface area contributed by atoms with E-state index in [1.54, 1.807) is 4.90 Å². The Hall–Kier alpha value is -2.04. The molecule has 1 N–H and O–H groups in total.